The molecule has 54 nitrogen and oxygen atoms in total. The summed E-state index contributed by atoms with van der Waals surface area (Å²) in [4.78, 5) is 241. The van der Waals surface area contributed by atoms with Gasteiger partial charge in [0.1, 0.15) is 108 Å². The number of nitrogens with two attached hydrogens (primary N) is 1. The molecule has 0 saturated carbocycles. The molecule has 57 heteroatoms. The highest BCUT2D eigenvalue weighted by Crippen LogP contribution is 2.46. The zero-order valence-electron chi connectivity index (χ0n) is 79.2. The second kappa shape index (κ2) is 61.5. The van der Waals surface area contributed by atoms with Crippen LogP contribution in [0.1, 0.15) is 117 Å². The molecule has 0 saturated heterocycles. The minimum absolute atomic E-state index is 0.00700. The first-order valence-electron chi connectivity index (χ1n) is 46.2. The molecule has 3 heterocycles. The number of carboxylic acid groups (broad SMARTS) is 4. The molecule has 3 aromatic carbocycles. The number of nitrogens with zero attached hydrogens (tertiary/aromatic N) is 4. The van der Waals surface area contributed by atoms with Crippen LogP contribution in [0.4, 0.5) is 11.6 Å². The van der Waals surface area contributed by atoms with E-state index < -0.39 is 339 Å². The number of H-pyrrole nitrogens is 1. The predicted octanol–water partition coefficient (Wildman–Crippen LogP) is -9.05. The molecular formula is C91H123N19O35S3. The summed E-state index contributed by atoms with van der Waals surface area (Å²) in [6.07, 6.45) is -33.3. The molecule has 35 N–H and O–H groups in total. The molecule has 6 aromatic rings. The number of anilines is 2. The number of carboxylic acids is 4. The van der Waals surface area contributed by atoms with Crippen molar-refractivity contribution in [1.29, 1.82) is 0 Å². The van der Waals surface area contributed by atoms with E-state index in [4.69, 9.17) is 5.73 Å². The zero-order valence-corrected chi connectivity index (χ0v) is 81.7. The number of hydrogen-bond donors (Lipinski definition) is 34. The van der Waals surface area contributed by atoms with Crippen LogP contribution in [0.15, 0.2) is 125 Å². The van der Waals surface area contributed by atoms with Gasteiger partial charge in [0.15, 0.2) is 11.2 Å². The van der Waals surface area contributed by atoms with Gasteiger partial charge in [0.25, 0.3) is 11.5 Å². The Hall–Kier alpha value is -13.3. The normalized spacial score (nSPS) is 15.8. The number of amides is 11. The van der Waals surface area contributed by atoms with Crippen LogP contribution in [-0.2, 0) is 73.7 Å². The van der Waals surface area contributed by atoms with Crippen molar-refractivity contribution >= 4 is 145 Å². The number of benzene rings is 3. The number of pyridine rings is 1. The standard InChI is InChI=1S/C91H123N19O35S3/c1-43(94-35-60(114)74(128)77(131)63(117)38-111)13-18-53(102-84(137)55(22-27-71(124)125)104-82(135)52(19-24-66(120)97-36-61(115)75(129)78(132)64(118)39-112)101-69(123)26-21-57(89(142)143)106-81(134)44-14-16-45(17-15-44)95-32-46-33-99-80-73(100-46)88(141)110-91(92)109-80)83(136)105-56(23-28-72(126)127)85(138)103-54(20-25-67(121)98-37-62(116)76(130)79(133)65(119)40-113)86(139)107-58(87(140)108-59(90(144)145)42-147-148-70-12-6-7-30-93-70)34-96-68(122)29-31-146-41-51-49-10-4-2-8-47(49)48-9-3-5-11-50(48)51/h2-12,14-17,30,33,51-65,74-79,94-95,111-119,128-133H,1,13,18-29,31-32,34-42H2,(H,96,122)(H,97,120)(H,98,121)(H,101,123)(H,102,137)(H,103,138)(H,104,135)(H,105,136)(H,106,134)(H,107,139)(H,108,140)(H,124,125)(H,126,127)(H,142,143)(H,144,145)(H3,92,99,109,110,141)/t52-,53-,54-,55-,56-,57-,58-,59-,60-,61-,62-,63+,64+,65+,74+,75+,76+,77+,78+,79+/m0/s1. The molecular weight excluding hydrogens is 2020 g/mol. The van der Waals surface area contributed by atoms with E-state index in [1.54, 1.807) is 18.2 Å². The van der Waals surface area contributed by atoms with Gasteiger partial charge in [-0.1, -0.05) is 72.0 Å². The molecule has 20 atom stereocenters. The molecule has 810 valence electrons. The van der Waals surface area contributed by atoms with Crippen molar-refractivity contribution in [2.75, 3.05) is 74.3 Å². The fourth-order valence-corrected chi connectivity index (χ4v) is 17.6. The van der Waals surface area contributed by atoms with Gasteiger partial charge in [0.05, 0.1) is 56.6 Å². The smallest absolute Gasteiger partial charge is 0.327 e. The Labute approximate surface area is 854 Å². The number of carbonyl (C=O) groups excluding carboxylic acids is 11. The number of hydrogen-bond acceptors (Lipinski definition) is 41. The van der Waals surface area contributed by atoms with Crippen molar-refractivity contribution in [3.8, 4) is 11.1 Å². The Kier molecular flexibility index (Phi) is 50.5. The van der Waals surface area contributed by atoms with Crippen molar-refractivity contribution in [3.63, 3.8) is 0 Å². The monoisotopic (exact) mass is 2140 g/mol. The first-order chi connectivity index (χ1) is 70.3. The Bertz CT molecular complexity index is 5520. The molecule has 0 aliphatic heterocycles. The number of carbonyl (C=O) groups is 15. The summed E-state index contributed by atoms with van der Waals surface area (Å²) in [6, 6.07) is 9.29. The summed E-state index contributed by atoms with van der Waals surface area (Å²) >= 11 is 1.41. The molecule has 0 radical (unpaired) electrons. The highest BCUT2D eigenvalue weighted by atomic mass is 33.1. The topological polar surface area (TPSA) is 907 Å². The third-order valence-electron chi connectivity index (χ3n) is 22.9. The first kappa shape index (κ1) is 122. The van der Waals surface area contributed by atoms with Gasteiger partial charge in [-0.05, 0) is 114 Å². The number of nitrogens with one attached hydrogen (secondary N) is 14. The van der Waals surface area contributed by atoms with E-state index in [1.165, 1.54) is 48.4 Å². The number of aromatic amines is 1. The molecule has 1 aliphatic carbocycles. The summed E-state index contributed by atoms with van der Waals surface area (Å²) in [6.45, 7) is -2.91. The van der Waals surface area contributed by atoms with E-state index in [9.17, 15) is 155 Å². The molecule has 148 heavy (non-hydrogen) atoms. The van der Waals surface area contributed by atoms with Crippen LogP contribution < -0.4 is 80.4 Å². The largest absolute Gasteiger partial charge is 0.481 e. The van der Waals surface area contributed by atoms with Crippen LogP contribution in [0.2, 0.25) is 0 Å². The third kappa shape index (κ3) is 39.4. The second-order valence-corrected chi connectivity index (χ2v) is 37.5. The van der Waals surface area contributed by atoms with Gasteiger partial charge in [0.2, 0.25) is 65.0 Å². The lowest BCUT2D eigenvalue weighted by molar-refractivity contribution is -0.142. The van der Waals surface area contributed by atoms with Crippen LogP contribution in [0.25, 0.3) is 22.3 Å². The molecule has 11 amide bonds. The van der Waals surface area contributed by atoms with Gasteiger partial charge < -0.3 is 172 Å². The molecule has 0 spiro atoms. The number of thioether (sulfide) groups is 1. The van der Waals surface area contributed by atoms with Crippen LogP contribution in [0, 0.1) is 0 Å². The maximum Gasteiger partial charge on any atom is 0.327 e. The fraction of sp³-hybridized carbons (Fsp3) is 0.495. The zero-order chi connectivity index (χ0) is 109. The van der Waals surface area contributed by atoms with Gasteiger partial charge in [-0.3, -0.25) is 72.1 Å². The van der Waals surface area contributed by atoms with Gasteiger partial charge >= 0.3 is 23.9 Å². The minimum atomic E-state index is -2.25. The van der Waals surface area contributed by atoms with E-state index in [0.717, 1.165) is 43.8 Å². The number of aromatic nitrogens is 5. The van der Waals surface area contributed by atoms with Crippen LogP contribution >= 0.6 is 33.3 Å². The van der Waals surface area contributed by atoms with Crippen LogP contribution in [0.5, 0.6) is 0 Å². The summed E-state index contributed by atoms with van der Waals surface area (Å²) in [5, 5.41) is 224. The molecule has 0 bridgehead atoms. The van der Waals surface area contributed by atoms with E-state index >= 15 is 19.2 Å². The minimum Gasteiger partial charge on any atom is -0.481 e. The first-order valence-corrected chi connectivity index (χ1v) is 49.6. The van der Waals surface area contributed by atoms with Gasteiger partial charge in [-0.15, -0.1) is 0 Å². The molecule has 1 aliphatic rings. The number of aliphatic hydroxyl groups is 15. The molecule has 0 fully saturated rings. The number of allylic oxidation sites excluding steroid dienone is 1. The lowest BCUT2D eigenvalue weighted by atomic mass is 9.99. The summed E-state index contributed by atoms with van der Waals surface area (Å²) in [7, 11) is 1.95. The number of rotatable bonds is 68. The van der Waals surface area contributed by atoms with Gasteiger partial charge in [-0.25, -0.2) is 24.5 Å². The maximum atomic E-state index is 15.2. The molecule has 7 rings (SSSR count). The summed E-state index contributed by atoms with van der Waals surface area (Å²) in [5.74, 6) is -20.5. The number of nitrogen functional groups attached to an aromatic ring is 1. The Morgan fingerprint density at radius 1 is 0.419 bits per heavy atom. The quantitative estimate of drug-likeness (QED) is 0.0125. The van der Waals surface area contributed by atoms with Crippen molar-refractivity contribution in [3.05, 3.63) is 148 Å². The maximum absolute atomic E-state index is 15.2. The number of aliphatic hydroxyl groups excluding tert-OH is 15. The molecule has 3 aromatic heterocycles. The van der Waals surface area contributed by atoms with Gasteiger partial charge in [-0.2, -0.15) is 16.7 Å². The van der Waals surface area contributed by atoms with Crippen molar-refractivity contribution in [2.24, 2.45) is 0 Å². The number of fused-ring (bicyclic) bond motifs is 4. The van der Waals surface area contributed by atoms with E-state index in [-0.39, 0.29) is 64.5 Å². The lowest BCUT2D eigenvalue weighted by Crippen LogP contribution is -2.61. The highest BCUT2D eigenvalue weighted by molar-refractivity contribution is 8.76. The van der Waals surface area contributed by atoms with Crippen molar-refractivity contribution in [2.45, 2.75) is 223 Å². The fourth-order valence-electron chi connectivity index (χ4n) is 14.5. The number of aliphatic carboxylic acids is 4. The van der Waals surface area contributed by atoms with Crippen molar-refractivity contribution in [1.82, 2.24) is 88.7 Å². The predicted molar refractivity (Wildman–Crippen MR) is 525 cm³/mol. The Morgan fingerprint density at radius 3 is 1.29 bits per heavy atom. The third-order valence-corrected chi connectivity index (χ3v) is 26.3. The average Bonchev–Trinajstić information content (AvgIpc) is 1.63. The summed E-state index contributed by atoms with van der Waals surface area (Å²) in [5.41, 5.74) is 9.34. The Balaban J connectivity index is 1.19. The van der Waals surface area contributed by atoms with E-state index in [2.05, 4.69) is 101 Å². The van der Waals surface area contributed by atoms with E-state index in [0.29, 0.717) is 16.5 Å². The average molecular weight is 2140 g/mol. The second-order valence-electron chi connectivity index (χ2n) is 34.0. The highest BCUT2D eigenvalue weighted by Gasteiger charge is 2.40. The Morgan fingerprint density at radius 2 is 0.824 bits per heavy atom. The lowest BCUT2D eigenvalue weighted by Gasteiger charge is -2.28. The SMILES string of the molecule is C=C(CC[C@H](NC(=O)[C@H](CCC(=O)O)NC(=O)[C@H](CCC(=O)NC[C@H](O)[C@@H](O)[C@H](O)[C@H](O)CO)NC(=O)CC[C@H](NC(=O)c1ccc(NCc2cnc3nc(N)[nH]c(=O)c3n2)cc1)C(=O)O)C(=O)N[C@@H](CCC(=O)O)C(=O)N[C@@H](CCC(=O)NC[C@H](O)[C@@H](O)[C@H](O)[C@H](O)CO)C(=O)N[C@@H](CNC(=O)CCSCC1c2ccccc2-c2ccccc21)C(=O)N[C@@H](CSSc1ccccn1)C(=O)O)NC[C@H](O)[C@@H](O)[C@H](O)[C@H](O)CO. The van der Waals surface area contributed by atoms with Crippen LogP contribution in [-0.4, -0.2) is 396 Å². The summed E-state index contributed by atoms with van der Waals surface area (Å²) < 4.78 is 0. The van der Waals surface area contributed by atoms with E-state index in [1.807, 2.05) is 48.5 Å². The van der Waals surface area contributed by atoms with Gasteiger partial charge in [0, 0.05) is 111 Å². The molecule has 0 unspecified atom stereocenters. The van der Waals surface area contributed by atoms with Crippen molar-refractivity contribution < 1.29 is 169 Å². The van der Waals surface area contributed by atoms with Crippen LogP contribution in [0.3, 0.4) is 0 Å².